The van der Waals surface area contributed by atoms with Gasteiger partial charge in [0.25, 0.3) is 16.1 Å². The maximum atomic E-state index is 12.5. The van der Waals surface area contributed by atoms with E-state index in [1.165, 1.54) is 13.8 Å². The van der Waals surface area contributed by atoms with Gasteiger partial charge in [0.1, 0.15) is 0 Å². The Kier molecular flexibility index (Phi) is 3.77. The molecule has 0 spiro atoms. The quantitative estimate of drug-likeness (QED) is 0.746. The van der Waals surface area contributed by atoms with Crippen LogP contribution in [0.1, 0.15) is 20.8 Å². The topological polar surface area (TPSA) is 63.4 Å². The van der Waals surface area contributed by atoms with E-state index in [0.717, 1.165) is 0 Å². The number of alkyl halides is 2. The Bertz CT molecular complexity index is 258. The van der Waals surface area contributed by atoms with Crippen molar-refractivity contribution in [2.45, 2.75) is 32.7 Å². The van der Waals surface area contributed by atoms with E-state index < -0.39 is 28.7 Å². The van der Waals surface area contributed by atoms with E-state index in [1.54, 1.807) is 0 Å². The fourth-order valence-electron chi connectivity index (χ4n) is 0.840. The average Bonchev–Trinajstić information content (AvgIpc) is 1.77. The normalized spacial score (nSPS) is 14.2. The second-order valence-corrected chi connectivity index (χ2v) is 4.75. The summed E-state index contributed by atoms with van der Waals surface area (Å²) in [6.07, 6.45) is 0. The summed E-state index contributed by atoms with van der Waals surface area (Å²) in [7, 11) is -4.04. The summed E-state index contributed by atoms with van der Waals surface area (Å²) >= 11 is 0. The minimum atomic E-state index is -4.04. The molecule has 0 heterocycles. The smallest absolute Gasteiger partial charge is 0.216 e. The van der Waals surface area contributed by atoms with Crippen molar-refractivity contribution < 1.29 is 17.2 Å². The van der Waals surface area contributed by atoms with Crippen molar-refractivity contribution in [1.82, 2.24) is 4.31 Å². The molecule has 0 aromatic rings. The van der Waals surface area contributed by atoms with Gasteiger partial charge in [-0.25, -0.2) is 13.9 Å². The van der Waals surface area contributed by atoms with Gasteiger partial charge in [-0.05, 0) is 13.8 Å². The molecule has 2 N–H and O–H groups in total. The standard InChI is InChI=1S/C6H14F2N2O2S/c1-5(2)10(13(9,11)12)4-6(3,7)8/h5H,4H2,1-3H3,(H2,9,11,12). The molecule has 0 aromatic heterocycles. The Labute approximate surface area is 76.9 Å². The summed E-state index contributed by atoms with van der Waals surface area (Å²) in [5.74, 6) is -3.07. The highest BCUT2D eigenvalue weighted by atomic mass is 32.2. The zero-order chi connectivity index (χ0) is 10.9. The van der Waals surface area contributed by atoms with Crippen LogP contribution in [0, 0.1) is 0 Å². The Morgan fingerprint density at radius 3 is 1.92 bits per heavy atom. The van der Waals surface area contributed by atoms with Gasteiger partial charge in [-0.1, -0.05) is 0 Å². The molecular formula is C6H14F2N2O2S. The first kappa shape index (κ1) is 12.7. The van der Waals surface area contributed by atoms with Gasteiger partial charge in [0, 0.05) is 13.0 Å². The summed E-state index contributed by atoms with van der Waals surface area (Å²) in [6.45, 7) is 2.73. The molecule has 80 valence electrons. The van der Waals surface area contributed by atoms with E-state index >= 15 is 0 Å². The van der Waals surface area contributed by atoms with Gasteiger partial charge >= 0.3 is 0 Å². The number of rotatable bonds is 4. The molecule has 0 amide bonds. The van der Waals surface area contributed by atoms with Crippen LogP contribution in [0.15, 0.2) is 0 Å². The van der Waals surface area contributed by atoms with E-state index in [-0.39, 0.29) is 0 Å². The highest BCUT2D eigenvalue weighted by Crippen LogP contribution is 2.16. The molecule has 0 fully saturated rings. The third kappa shape index (κ3) is 5.12. The van der Waals surface area contributed by atoms with Gasteiger partial charge in [0.2, 0.25) is 0 Å². The van der Waals surface area contributed by atoms with Crippen LogP contribution in [0.5, 0.6) is 0 Å². The molecule has 0 unspecified atom stereocenters. The van der Waals surface area contributed by atoms with Crippen LogP contribution in [0.4, 0.5) is 8.78 Å². The van der Waals surface area contributed by atoms with E-state index in [2.05, 4.69) is 0 Å². The lowest BCUT2D eigenvalue weighted by molar-refractivity contribution is -0.000396. The molecule has 0 bridgehead atoms. The number of hydrogen-bond donors (Lipinski definition) is 1. The maximum absolute atomic E-state index is 12.5. The summed E-state index contributed by atoms with van der Waals surface area (Å²) in [5, 5.41) is 4.75. The fraction of sp³-hybridized carbons (Fsp3) is 1.00. The number of hydrogen-bond acceptors (Lipinski definition) is 2. The van der Waals surface area contributed by atoms with Crippen molar-refractivity contribution in [3.8, 4) is 0 Å². The molecule has 0 aliphatic rings. The van der Waals surface area contributed by atoms with Crippen molar-refractivity contribution >= 4 is 10.2 Å². The van der Waals surface area contributed by atoms with E-state index in [4.69, 9.17) is 5.14 Å². The van der Waals surface area contributed by atoms with Crippen molar-refractivity contribution in [3.05, 3.63) is 0 Å². The van der Waals surface area contributed by atoms with Gasteiger partial charge in [-0.15, -0.1) is 0 Å². The van der Waals surface area contributed by atoms with Crippen LogP contribution in [0.25, 0.3) is 0 Å². The van der Waals surface area contributed by atoms with E-state index in [9.17, 15) is 17.2 Å². The lowest BCUT2D eigenvalue weighted by Gasteiger charge is -2.25. The predicted molar refractivity (Wildman–Crippen MR) is 45.6 cm³/mol. The summed E-state index contributed by atoms with van der Waals surface area (Å²) in [4.78, 5) is 0. The van der Waals surface area contributed by atoms with E-state index in [1.807, 2.05) is 0 Å². The summed E-state index contributed by atoms with van der Waals surface area (Å²) < 4.78 is 47.2. The molecule has 0 aliphatic heterocycles. The molecular weight excluding hydrogens is 202 g/mol. The van der Waals surface area contributed by atoms with Crippen LogP contribution < -0.4 is 5.14 Å². The summed E-state index contributed by atoms with van der Waals surface area (Å²) in [6, 6.07) is -0.569. The first-order chi connectivity index (χ1) is 5.54. The van der Waals surface area contributed by atoms with Crippen molar-refractivity contribution in [2.24, 2.45) is 5.14 Å². The molecule has 0 rings (SSSR count). The fourth-order valence-corrected chi connectivity index (χ4v) is 1.83. The zero-order valence-electron chi connectivity index (χ0n) is 7.79. The monoisotopic (exact) mass is 216 g/mol. The lowest BCUT2D eigenvalue weighted by atomic mass is 10.3. The van der Waals surface area contributed by atoms with Crippen LogP contribution in [-0.2, 0) is 10.2 Å². The number of nitrogens with two attached hydrogens (primary N) is 1. The Morgan fingerprint density at radius 1 is 1.46 bits per heavy atom. The second kappa shape index (κ2) is 3.85. The highest BCUT2D eigenvalue weighted by Gasteiger charge is 2.32. The van der Waals surface area contributed by atoms with Crippen molar-refractivity contribution in [3.63, 3.8) is 0 Å². The zero-order valence-corrected chi connectivity index (χ0v) is 8.61. The highest BCUT2D eigenvalue weighted by molar-refractivity contribution is 7.86. The molecule has 13 heavy (non-hydrogen) atoms. The van der Waals surface area contributed by atoms with Crippen LogP contribution in [-0.4, -0.2) is 31.2 Å². The van der Waals surface area contributed by atoms with Gasteiger partial charge in [0.15, 0.2) is 0 Å². The van der Waals surface area contributed by atoms with Crippen LogP contribution in [0.2, 0.25) is 0 Å². The number of halogens is 2. The molecule has 7 heteroatoms. The van der Waals surface area contributed by atoms with Crippen LogP contribution >= 0.6 is 0 Å². The second-order valence-electron chi connectivity index (χ2n) is 3.25. The van der Waals surface area contributed by atoms with Crippen LogP contribution in [0.3, 0.4) is 0 Å². The van der Waals surface area contributed by atoms with Gasteiger partial charge in [-0.3, -0.25) is 0 Å². The molecule has 0 saturated carbocycles. The minimum Gasteiger partial charge on any atom is -0.216 e. The average molecular weight is 216 g/mol. The first-order valence-corrected chi connectivity index (χ1v) is 5.22. The third-order valence-electron chi connectivity index (χ3n) is 1.34. The Hall–Kier alpha value is -0.270. The van der Waals surface area contributed by atoms with Crippen molar-refractivity contribution in [2.75, 3.05) is 6.54 Å². The van der Waals surface area contributed by atoms with E-state index in [0.29, 0.717) is 11.2 Å². The molecule has 0 atom stereocenters. The predicted octanol–water partition coefficient (Wildman–Crippen LogP) is 0.556. The van der Waals surface area contributed by atoms with Gasteiger partial charge < -0.3 is 0 Å². The molecule has 0 saturated heterocycles. The molecule has 0 radical (unpaired) electrons. The molecule has 4 nitrogen and oxygen atoms in total. The molecule has 0 aliphatic carbocycles. The summed E-state index contributed by atoms with van der Waals surface area (Å²) in [5.41, 5.74) is 0. The lowest BCUT2D eigenvalue weighted by Crippen LogP contribution is -2.46. The molecule has 0 aromatic carbocycles. The third-order valence-corrected chi connectivity index (χ3v) is 2.54. The first-order valence-electron chi connectivity index (χ1n) is 3.71. The number of nitrogens with zero attached hydrogens (tertiary/aromatic N) is 1. The Morgan fingerprint density at radius 2 is 1.85 bits per heavy atom. The minimum absolute atomic E-state index is 0.562. The van der Waals surface area contributed by atoms with Gasteiger partial charge in [0.05, 0.1) is 6.54 Å². The van der Waals surface area contributed by atoms with Gasteiger partial charge in [-0.2, -0.15) is 12.7 Å². The largest absolute Gasteiger partial charge is 0.277 e. The Balaban J connectivity index is 4.67. The van der Waals surface area contributed by atoms with Crippen molar-refractivity contribution in [1.29, 1.82) is 0 Å². The maximum Gasteiger partial charge on any atom is 0.277 e. The SMILES string of the molecule is CC(C)N(CC(C)(F)F)S(N)(=O)=O.